The standard InChI is InChI=1S/C27H27N7O2/c28-25(35)19-10-14-33(15-11-19)26-21(7-5-13-30-26)17-31-27(36)23-18-34(22-8-2-1-3-9-22)32-24(23)20-6-4-12-29-16-20/h1-9,12-13,16,18-19H,10-11,14-15,17H2,(H2,28,35)(H,31,36). The van der Waals surface area contributed by atoms with Crippen LogP contribution in [0.25, 0.3) is 16.9 Å². The first kappa shape index (κ1) is 23.2. The highest BCUT2D eigenvalue weighted by Crippen LogP contribution is 2.26. The van der Waals surface area contributed by atoms with Crippen LogP contribution in [0.3, 0.4) is 0 Å². The number of amides is 2. The quantitative estimate of drug-likeness (QED) is 0.419. The lowest BCUT2D eigenvalue weighted by molar-refractivity contribution is -0.122. The number of nitrogens with two attached hydrogens (primary N) is 1. The van der Waals surface area contributed by atoms with Crippen molar-refractivity contribution in [1.29, 1.82) is 0 Å². The van der Waals surface area contributed by atoms with Crippen molar-refractivity contribution in [3.05, 3.63) is 90.5 Å². The summed E-state index contributed by atoms with van der Waals surface area (Å²) in [5.74, 6) is 0.232. The van der Waals surface area contributed by atoms with Crippen LogP contribution in [-0.4, -0.2) is 44.7 Å². The van der Waals surface area contributed by atoms with Gasteiger partial charge in [-0.25, -0.2) is 9.67 Å². The molecule has 3 N–H and O–H groups in total. The zero-order valence-electron chi connectivity index (χ0n) is 19.7. The minimum absolute atomic E-state index is 0.0971. The van der Waals surface area contributed by atoms with Crippen molar-refractivity contribution in [2.45, 2.75) is 19.4 Å². The van der Waals surface area contributed by atoms with E-state index in [9.17, 15) is 9.59 Å². The Labute approximate surface area is 209 Å². The van der Waals surface area contributed by atoms with E-state index >= 15 is 0 Å². The largest absolute Gasteiger partial charge is 0.369 e. The van der Waals surface area contributed by atoms with Gasteiger partial charge in [-0.05, 0) is 43.2 Å². The molecule has 1 aliphatic heterocycles. The van der Waals surface area contributed by atoms with Crippen LogP contribution in [0, 0.1) is 5.92 Å². The van der Waals surface area contributed by atoms with E-state index in [0.29, 0.717) is 43.7 Å². The average molecular weight is 482 g/mol. The molecule has 182 valence electrons. The molecule has 3 aromatic heterocycles. The van der Waals surface area contributed by atoms with Crippen molar-refractivity contribution in [3.8, 4) is 16.9 Å². The molecule has 1 fully saturated rings. The number of hydrogen-bond acceptors (Lipinski definition) is 6. The topological polar surface area (TPSA) is 119 Å². The Morgan fingerprint density at radius 1 is 1.00 bits per heavy atom. The molecule has 1 aliphatic rings. The Morgan fingerprint density at radius 3 is 2.50 bits per heavy atom. The highest BCUT2D eigenvalue weighted by Gasteiger charge is 2.25. The molecule has 0 radical (unpaired) electrons. The molecule has 0 atom stereocenters. The zero-order chi connectivity index (χ0) is 24.9. The maximum Gasteiger partial charge on any atom is 0.255 e. The molecule has 36 heavy (non-hydrogen) atoms. The maximum absolute atomic E-state index is 13.4. The van der Waals surface area contributed by atoms with Gasteiger partial charge in [-0.3, -0.25) is 14.6 Å². The predicted molar refractivity (Wildman–Crippen MR) is 136 cm³/mol. The summed E-state index contributed by atoms with van der Waals surface area (Å²) in [7, 11) is 0. The van der Waals surface area contributed by atoms with Crippen molar-refractivity contribution in [1.82, 2.24) is 25.1 Å². The Morgan fingerprint density at radius 2 is 1.78 bits per heavy atom. The number of piperidine rings is 1. The van der Waals surface area contributed by atoms with E-state index in [-0.39, 0.29) is 17.7 Å². The van der Waals surface area contributed by atoms with Gasteiger partial charge in [0.05, 0.1) is 11.3 Å². The summed E-state index contributed by atoms with van der Waals surface area (Å²) >= 11 is 0. The smallest absolute Gasteiger partial charge is 0.255 e. The summed E-state index contributed by atoms with van der Waals surface area (Å²) in [5.41, 5.74) is 9.02. The highest BCUT2D eigenvalue weighted by molar-refractivity contribution is 5.99. The number of carbonyl (C=O) groups excluding carboxylic acids is 2. The summed E-state index contributed by atoms with van der Waals surface area (Å²) in [6.45, 7) is 1.70. The number of anilines is 1. The number of aromatic nitrogens is 4. The summed E-state index contributed by atoms with van der Waals surface area (Å²) in [5, 5.41) is 7.74. The van der Waals surface area contributed by atoms with Crippen LogP contribution in [0.2, 0.25) is 0 Å². The Hall–Kier alpha value is -4.53. The second kappa shape index (κ2) is 10.4. The van der Waals surface area contributed by atoms with Crippen LogP contribution in [0.15, 0.2) is 79.4 Å². The van der Waals surface area contributed by atoms with E-state index in [1.165, 1.54) is 0 Å². The van der Waals surface area contributed by atoms with Gasteiger partial charge in [0, 0.05) is 61.5 Å². The average Bonchev–Trinajstić information content (AvgIpc) is 3.39. The van der Waals surface area contributed by atoms with E-state index in [1.54, 1.807) is 29.5 Å². The summed E-state index contributed by atoms with van der Waals surface area (Å²) in [4.78, 5) is 35.8. The zero-order valence-corrected chi connectivity index (χ0v) is 19.7. The maximum atomic E-state index is 13.4. The van der Waals surface area contributed by atoms with Crippen LogP contribution >= 0.6 is 0 Å². The van der Waals surface area contributed by atoms with Gasteiger partial charge in [-0.1, -0.05) is 24.3 Å². The molecule has 0 spiro atoms. The second-order valence-electron chi connectivity index (χ2n) is 8.75. The molecule has 4 aromatic rings. The van der Waals surface area contributed by atoms with Gasteiger partial charge >= 0.3 is 0 Å². The number of para-hydroxylation sites is 1. The normalized spacial score (nSPS) is 13.9. The third-order valence-electron chi connectivity index (χ3n) is 6.42. The molecule has 5 rings (SSSR count). The van der Waals surface area contributed by atoms with Crippen molar-refractivity contribution >= 4 is 17.6 Å². The first-order chi connectivity index (χ1) is 17.6. The number of primary amides is 1. The molecule has 0 saturated carbocycles. The predicted octanol–water partition coefficient (Wildman–Crippen LogP) is 2.96. The number of rotatable bonds is 7. The van der Waals surface area contributed by atoms with Crippen LogP contribution in [0.5, 0.6) is 0 Å². The van der Waals surface area contributed by atoms with Crippen molar-refractivity contribution < 1.29 is 9.59 Å². The Bertz CT molecular complexity index is 1350. The fourth-order valence-electron chi connectivity index (χ4n) is 4.47. The van der Waals surface area contributed by atoms with E-state index < -0.39 is 0 Å². The van der Waals surface area contributed by atoms with Gasteiger partial charge in [0.15, 0.2) is 0 Å². The third kappa shape index (κ3) is 4.95. The van der Waals surface area contributed by atoms with Crippen LogP contribution < -0.4 is 16.0 Å². The fraction of sp³-hybridized carbons (Fsp3) is 0.222. The number of pyridine rings is 2. The van der Waals surface area contributed by atoms with Gasteiger partial charge in [0.2, 0.25) is 5.91 Å². The molecule has 9 nitrogen and oxygen atoms in total. The van der Waals surface area contributed by atoms with Crippen molar-refractivity contribution in [2.75, 3.05) is 18.0 Å². The first-order valence-electron chi connectivity index (χ1n) is 11.9. The summed E-state index contributed by atoms with van der Waals surface area (Å²) in [6, 6.07) is 17.2. The Kier molecular flexibility index (Phi) is 6.70. The molecular formula is C27H27N7O2. The SMILES string of the molecule is NC(=O)C1CCN(c2ncccc2CNC(=O)c2cn(-c3ccccc3)nc2-c2cccnc2)CC1. The lowest BCUT2D eigenvalue weighted by atomic mass is 9.96. The molecule has 4 heterocycles. The molecular weight excluding hydrogens is 454 g/mol. The molecule has 9 heteroatoms. The molecule has 0 unspecified atom stereocenters. The lowest BCUT2D eigenvalue weighted by Crippen LogP contribution is -2.39. The number of benzene rings is 1. The van der Waals surface area contributed by atoms with Crippen LogP contribution in [-0.2, 0) is 11.3 Å². The number of carbonyl (C=O) groups is 2. The van der Waals surface area contributed by atoms with Gasteiger partial charge in [0.1, 0.15) is 11.5 Å². The molecule has 1 saturated heterocycles. The third-order valence-corrected chi connectivity index (χ3v) is 6.42. The molecule has 1 aromatic carbocycles. The second-order valence-corrected chi connectivity index (χ2v) is 8.75. The van der Waals surface area contributed by atoms with Crippen LogP contribution in [0.1, 0.15) is 28.8 Å². The van der Waals surface area contributed by atoms with E-state index in [4.69, 9.17) is 10.8 Å². The van der Waals surface area contributed by atoms with Gasteiger partial charge in [-0.2, -0.15) is 5.10 Å². The van der Waals surface area contributed by atoms with Crippen molar-refractivity contribution in [2.24, 2.45) is 11.7 Å². The minimum Gasteiger partial charge on any atom is -0.369 e. The Balaban J connectivity index is 1.37. The fourth-order valence-corrected chi connectivity index (χ4v) is 4.47. The molecule has 2 amide bonds. The first-order valence-corrected chi connectivity index (χ1v) is 11.9. The number of nitrogens with zero attached hydrogens (tertiary/aromatic N) is 5. The number of hydrogen-bond donors (Lipinski definition) is 2. The van der Waals surface area contributed by atoms with E-state index in [1.807, 2.05) is 54.6 Å². The van der Waals surface area contributed by atoms with Crippen LogP contribution in [0.4, 0.5) is 5.82 Å². The van der Waals surface area contributed by atoms with E-state index in [0.717, 1.165) is 22.6 Å². The van der Waals surface area contributed by atoms with Gasteiger partial charge in [-0.15, -0.1) is 0 Å². The van der Waals surface area contributed by atoms with E-state index in [2.05, 4.69) is 20.2 Å². The molecule has 0 bridgehead atoms. The van der Waals surface area contributed by atoms with Crippen molar-refractivity contribution in [3.63, 3.8) is 0 Å². The minimum atomic E-state index is -0.247. The molecule has 0 aliphatic carbocycles. The highest BCUT2D eigenvalue weighted by atomic mass is 16.2. The van der Waals surface area contributed by atoms with Gasteiger partial charge < -0.3 is 16.0 Å². The summed E-state index contributed by atoms with van der Waals surface area (Å²) < 4.78 is 1.70. The number of nitrogens with one attached hydrogen (secondary N) is 1. The monoisotopic (exact) mass is 481 g/mol. The van der Waals surface area contributed by atoms with Gasteiger partial charge in [0.25, 0.3) is 5.91 Å². The lowest BCUT2D eigenvalue weighted by Gasteiger charge is -2.32. The summed E-state index contributed by atoms with van der Waals surface area (Å²) in [6.07, 6.45) is 8.27.